The normalized spacial score (nSPS) is 10.6. The lowest BCUT2D eigenvalue weighted by molar-refractivity contribution is -0.143. The molecule has 0 spiro atoms. The van der Waals surface area contributed by atoms with Crippen molar-refractivity contribution in [3.8, 4) is 0 Å². The van der Waals surface area contributed by atoms with E-state index in [0.717, 1.165) is 5.76 Å². The summed E-state index contributed by atoms with van der Waals surface area (Å²) in [5.74, 6) is 0.628. The van der Waals surface area contributed by atoms with E-state index in [9.17, 15) is 4.79 Å². The Morgan fingerprint density at radius 2 is 2.47 bits per heavy atom. The molecule has 84 valence electrons. The second kappa shape index (κ2) is 6.19. The van der Waals surface area contributed by atoms with E-state index in [1.165, 1.54) is 0 Å². The van der Waals surface area contributed by atoms with Crippen LogP contribution in [0.2, 0.25) is 0 Å². The standard InChI is InChI=1S/C10H16N2O3/c1-3-14-10(13)5-7-12(2)8-9-4-6-11-15-9/h4,6H,3,5,7-8H2,1-2H3. The lowest BCUT2D eigenvalue weighted by Gasteiger charge is -2.13. The van der Waals surface area contributed by atoms with Gasteiger partial charge in [0.05, 0.1) is 25.8 Å². The number of nitrogens with zero attached hydrogens (tertiary/aromatic N) is 2. The predicted molar refractivity (Wildman–Crippen MR) is 54.1 cm³/mol. The Kier molecular flexibility index (Phi) is 4.83. The smallest absolute Gasteiger partial charge is 0.307 e. The van der Waals surface area contributed by atoms with Crippen LogP contribution in [0.15, 0.2) is 16.8 Å². The van der Waals surface area contributed by atoms with Crippen molar-refractivity contribution in [3.05, 3.63) is 18.0 Å². The van der Waals surface area contributed by atoms with Gasteiger partial charge in [0.1, 0.15) is 0 Å². The van der Waals surface area contributed by atoms with Gasteiger partial charge in [0.2, 0.25) is 0 Å². The predicted octanol–water partition coefficient (Wildman–Crippen LogP) is 1.06. The van der Waals surface area contributed by atoms with Gasteiger partial charge in [-0.2, -0.15) is 0 Å². The molecule has 5 heteroatoms. The number of rotatable bonds is 6. The monoisotopic (exact) mass is 212 g/mol. The van der Waals surface area contributed by atoms with Crippen LogP contribution in [-0.2, 0) is 16.1 Å². The molecule has 15 heavy (non-hydrogen) atoms. The zero-order chi connectivity index (χ0) is 11.1. The number of esters is 1. The summed E-state index contributed by atoms with van der Waals surface area (Å²) in [5.41, 5.74) is 0. The molecule has 0 saturated heterocycles. The van der Waals surface area contributed by atoms with E-state index < -0.39 is 0 Å². The van der Waals surface area contributed by atoms with Gasteiger partial charge in [-0.1, -0.05) is 5.16 Å². The highest BCUT2D eigenvalue weighted by Gasteiger charge is 2.07. The molecule has 5 nitrogen and oxygen atoms in total. The van der Waals surface area contributed by atoms with Crippen LogP contribution >= 0.6 is 0 Å². The van der Waals surface area contributed by atoms with E-state index in [-0.39, 0.29) is 5.97 Å². The van der Waals surface area contributed by atoms with Crippen LogP contribution in [0.25, 0.3) is 0 Å². The Bertz CT molecular complexity index is 285. The minimum absolute atomic E-state index is 0.165. The fourth-order valence-electron chi connectivity index (χ4n) is 1.18. The maximum absolute atomic E-state index is 11.1. The first-order valence-electron chi connectivity index (χ1n) is 4.96. The molecule has 0 aliphatic heterocycles. The van der Waals surface area contributed by atoms with Crippen LogP contribution in [0.4, 0.5) is 0 Å². The fourth-order valence-corrected chi connectivity index (χ4v) is 1.18. The Labute approximate surface area is 89.0 Å². The Hall–Kier alpha value is -1.36. The molecule has 1 rings (SSSR count). The maximum atomic E-state index is 11.1. The summed E-state index contributed by atoms with van der Waals surface area (Å²) in [4.78, 5) is 13.0. The van der Waals surface area contributed by atoms with Crippen molar-refractivity contribution < 1.29 is 14.1 Å². The summed E-state index contributed by atoms with van der Waals surface area (Å²) in [6, 6.07) is 1.81. The van der Waals surface area contributed by atoms with Crippen molar-refractivity contribution in [2.24, 2.45) is 0 Å². The first-order valence-corrected chi connectivity index (χ1v) is 4.96. The molecule has 1 heterocycles. The molecule has 0 aliphatic rings. The van der Waals surface area contributed by atoms with Crippen LogP contribution in [0.3, 0.4) is 0 Å². The number of carbonyl (C=O) groups is 1. The average Bonchev–Trinajstić information content (AvgIpc) is 2.68. The van der Waals surface area contributed by atoms with E-state index in [4.69, 9.17) is 9.26 Å². The fraction of sp³-hybridized carbons (Fsp3) is 0.600. The summed E-state index contributed by atoms with van der Waals surface area (Å²) >= 11 is 0. The van der Waals surface area contributed by atoms with Gasteiger partial charge in [0.15, 0.2) is 5.76 Å². The molecular formula is C10H16N2O3. The highest BCUT2D eigenvalue weighted by atomic mass is 16.5. The number of aromatic nitrogens is 1. The highest BCUT2D eigenvalue weighted by molar-refractivity contribution is 5.69. The van der Waals surface area contributed by atoms with Gasteiger partial charge in [0, 0.05) is 12.6 Å². The third-order valence-corrected chi connectivity index (χ3v) is 1.92. The molecule has 1 aromatic heterocycles. The summed E-state index contributed by atoms with van der Waals surface area (Å²) in [6.45, 7) is 3.54. The molecule has 0 N–H and O–H groups in total. The van der Waals surface area contributed by atoms with Crippen molar-refractivity contribution in [1.82, 2.24) is 10.1 Å². The lowest BCUT2D eigenvalue weighted by Crippen LogP contribution is -2.22. The number of carbonyl (C=O) groups excluding carboxylic acids is 1. The molecule has 1 aromatic rings. The summed E-state index contributed by atoms with van der Waals surface area (Å²) in [5, 5.41) is 3.61. The molecule has 0 aliphatic carbocycles. The van der Waals surface area contributed by atoms with Gasteiger partial charge in [0.25, 0.3) is 0 Å². The summed E-state index contributed by atoms with van der Waals surface area (Å²) in [7, 11) is 1.92. The van der Waals surface area contributed by atoms with Gasteiger partial charge < -0.3 is 9.26 Å². The molecule has 0 aromatic carbocycles. The van der Waals surface area contributed by atoms with Crippen molar-refractivity contribution >= 4 is 5.97 Å². The van der Waals surface area contributed by atoms with Crippen LogP contribution < -0.4 is 0 Å². The molecule has 0 fully saturated rings. The number of hydrogen-bond donors (Lipinski definition) is 0. The van der Waals surface area contributed by atoms with Crippen LogP contribution in [0.1, 0.15) is 19.1 Å². The zero-order valence-electron chi connectivity index (χ0n) is 9.10. The summed E-state index contributed by atoms with van der Waals surface area (Å²) in [6.07, 6.45) is 2.01. The van der Waals surface area contributed by atoms with E-state index in [1.807, 2.05) is 11.9 Å². The first-order chi connectivity index (χ1) is 7.22. The van der Waals surface area contributed by atoms with Gasteiger partial charge in [-0.25, -0.2) is 0 Å². The van der Waals surface area contributed by atoms with Crippen LogP contribution in [0.5, 0.6) is 0 Å². The van der Waals surface area contributed by atoms with Gasteiger partial charge in [-0.15, -0.1) is 0 Å². The highest BCUT2D eigenvalue weighted by Crippen LogP contribution is 2.01. The van der Waals surface area contributed by atoms with Gasteiger partial charge in [-0.05, 0) is 14.0 Å². The molecule has 0 atom stereocenters. The van der Waals surface area contributed by atoms with Crippen molar-refractivity contribution in [3.63, 3.8) is 0 Å². The third-order valence-electron chi connectivity index (χ3n) is 1.92. The average molecular weight is 212 g/mol. The molecule has 0 bridgehead atoms. The van der Waals surface area contributed by atoms with E-state index in [2.05, 4.69) is 5.16 Å². The molecule has 0 amide bonds. The molecule has 0 unspecified atom stereocenters. The molecule has 0 saturated carbocycles. The zero-order valence-corrected chi connectivity index (χ0v) is 9.10. The second-order valence-electron chi connectivity index (χ2n) is 3.27. The topological polar surface area (TPSA) is 55.6 Å². The SMILES string of the molecule is CCOC(=O)CCN(C)Cc1ccno1. The van der Waals surface area contributed by atoms with Crippen LogP contribution in [0, 0.1) is 0 Å². The maximum Gasteiger partial charge on any atom is 0.307 e. The second-order valence-corrected chi connectivity index (χ2v) is 3.27. The van der Waals surface area contributed by atoms with Crippen LogP contribution in [-0.4, -0.2) is 36.2 Å². The van der Waals surface area contributed by atoms with Gasteiger partial charge >= 0.3 is 5.97 Å². The molecule has 0 radical (unpaired) electrons. The van der Waals surface area contributed by atoms with Crippen molar-refractivity contribution in [2.45, 2.75) is 19.9 Å². The van der Waals surface area contributed by atoms with E-state index in [0.29, 0.717) is 26.1 Å². The summed E-state index contributed by atoms with van der Waals surface area (Å²) < 4.78 is 9.78. The largest absolute Gasteiger partial charge is 0.466 e. The van der Waals surface area contributed by atoms with Crippen molar-refractivity contribution in [1.29, 1.82) is 0 Å². The number of hydrogen-bond acceptors (Lipinski definition) is 5. The first kappa shape index (κ1) is 11.7. The minimum Gasteiger partial charge on any atom is -0.466 e. The molecular weight excluding hydrogens is 196 g/mol. The Morgan fingerprint density at radius 3 is 3.07 bits per heavy atom. The van der Waals surface area contributed by atoms with Crippen molar-refractivity contribution in [2.75, 3.05) is 20.2 Å². The van der Waals surface area contributed by atoms with Gasteiger partial charge in [-0.3, -0.25) is 9.69 Å². The van der Waals surface area contributed by atoms with E-state index >= 15 is 0 Å². The quantitative estimate of drug-likeness (QED) is 0.660. The lowest BCUT2D eigenvalue weighted by atomic mass is 10.3. The number of ether oxygens (including phenoxy) is 1. The van der Waals surface area contributed by atoms with E-state index in [1.54, 1.807) is 19.2 Å². The Morgan fingerprint density at radius 1 is 1.67 bits per heavy atom. The minimum atomic E-state index is -0.165. The third kappa shape index (κ3) is 4.60. The Balaban J connectivity index is 2.19.